The van der Waals surface area contributed by atoms with E-state index < -0.39 is 18.0 Å². The van der Waals surface area contributed by atoms with Crippen molar-refractivity contribution in [3.63, 3.8) is 0 Å². The van der Waals surface area contributed by atoms with E-state index in [0.29, 0.717) is 28.6 Å². The summed E-state index contributed by atoms with van der Waals surface area (Å²) < 4.78 is 15.7. The Morgan fingerprint density at radius 3 is 2.70 bits per heavy atom. The molecule has 37 heavy (non-hydrogen) atoms. The van der Waals surface area contributed by atoms with Gasteiger partial charge in [-0.05, 0) is 29.8 Å². The molecule has 1 N–H and O–H groups in total. The van der Waals surface area contributed by atoms with Crippen molar-refractivity contribution in [2.45, 2.75) is 31.0 Å². The Bertz CT molecular complexity index is 1490. The van der Waals surface area contributed by atoms with Gasteiger partial charge in [0, 0.05) is 35.0 Å². The number of aromatic nitrogens is 3. The smallest absolute Gasteiger partial charge is 0.215 e. The first-order valence-corrected chi connectivity index (χ1v) is 13.4. The molecule has 1 aliphatic rings. The SMILES string of the molecule is OC(Cc1ccc(-c2nc3ccccc3s2)cc1)C1COC(Cn2ccnc2)(c2ccc(Cl)cc2Cl)O1. The molecule has 9 heteroatoms. The van der Waals surface area contributed by atoms with E-state index >= 15 is 0 Å². The predicted molar refractivity (Wildman–Crippen MR) is 146 cm³/mol. The molecule has 1 saturated heterocycles. The maximum Gasteiger partial charge on any atom is 0.215 e. The highest BCUT2D eigenvalue weighted by atomic mass is 35.5. The molecular weight excluding hydrogens is 529 g/mol. The zero-order chi connectivity index (χ0) is 25.4. The van der Waals surface area contributed by atoms with Gasteiger partial charge in [0.05, 0.1) is 40.8 Å². The number of hydrogen-bond donors (Lipinski definition) is 1. The van der Waals surface area contributed by atoms with Gasteiger partial charge in [-0.2, -0.15) is 0 Å². The Labute approximate surface area is 228 Å². The number of halogens is 2. The molecular formula is C28H23Cl2N3O3S. The fraction of sp³-hybridized carbons (Fsp3) is 0.214. The van der Waals surface area contributed by atoms with Gasteiger partial charge >= 0.3 is 0 Å². The molecule has 6 nitrogen and oxygen atoms in total. The van der Waals surface area contributed by atoms with Crippen molar-refractivity contribution in [3.8, 4) is 10.6 Å². The Morgan fingerprint density at radius 1 is 1.11 bits per heavy atom. The number of imidazole rings is 1. The average Bonchev–Trinajstić information content (AvgIpc) is 3.65. The third-order valence-corrected chi connectivity index (χ3v) is 8.12. The van der Waals surface area contributed by atoms with Crippen molar-refractivity contribution in [2.24, 2.45) is 0 Å². The molecule has 0 saturated carbocycles. The van der Waals surface area contributed by atoms with Gasteiger partial charge in [0.1, 0.15) is 11.1 Å². The van der Waals surface area contributed by atoms with Crippen LogP contribution in [0.1, 0.15) is 11.1 Å². The lowest BCUT2D eigenvalue weighted by molar-refractivity contribution is -0.195. The van der Waals surface area contributed by atoms with E-state index in [2.05, 4.69) is 11.1 Å². The summed E-state index contributed by atoms with van der Waals surface area (Å²) in [6, 6.07) is 21.5. The molecule has 0 aliphatic carbocycles. The highest BCUT2D eigenvalue weighted by Gasteiger charge is 2.47. The Kier molecular flexibility index (Phi) is 6.75. The summed E-state index contributed by atoms with van der Waals surface area (Å²) in [5.74, 6) is -1.18. The molecule has 0 bridgehead atoms. The van der Waals surface area contributed by atoms with Gasteiger partial charge in [-0.3, -0.25) is 0 Å². The van der Waals surface area contributed by atoms with E-state index in [1.807, 2.05) is 53.2 Å². The standard InChI is InChI=1S/C28H23Cl2N3O3S/c29-20-9-10-21(22(30)14-20)28(16-33-12-11-31-17-33)35-15-25(36-28)24(34)13-18-5-7-19(8-6-18)27-32-23-3-1-2-4-26(23)37-27/h1-12,14,17,24-25,34H,13,15-16H2. The molecule has 1 aliphatic heterocycles. The first-order chi connectivity index (χ1) is 18.0. The average molecular weight is 552 g/mol. The summed E-state index contributed by atoms with van der Waals surface area (Å²) in [5.41, 5.74) is 3.71. The molecule has 3 atom stereocenters. The summed E-state index contributed by atoms with van der Waals surface area (Å²) in [5, 5.41) is 13.1. The van der Waals surface area contributed by atoms with Crippen LogP contribution >= 0.6 is 34.5 Å². The molecule has 2 aromatic heterocycles. The minimum Gasteiger partial charge on any atom is -0.390 e. The van der Waals surface area contributed by atoms with Gasteiger partial charge in [-0.1, -0.05) is 65.7 Å². The van der Waals surface area contributed by atoms with E-state index in [0.717, 1.165) is 26.4 Å². The van der Waals surface area contributed by atoms with Crippen LogP contribution < -0.4 is 0 Å². The number of ether oxygens (including phenoxy) is 2. The number of hydrogen-bond acceptors (Lipinski definition) is 6. The van der Waals surface area contributed by atoms with Crippen molar-refractivity contribution in [1.29, 1.82) is 0 Å². The number of thiazole rings is 1. The number of rotatable bonds is 7. The molecule has 0 spiro atoms. The van der Waals surface area contributed by atoms with Gasteiger partial charge in [-0.15, -0.1) is 11.3 Å². The summed E-state index contributed by atoms with van der Waals surface area (Å²) in [6.45, 7) is 0.549. The van der Waals surface area contributed by atoms with Crippen LogP contribution in [-0.2, 0) is 28.2 Å². The lowest BCUT2D eigenvalue weighted by atomic mass is 10.0. The zero-order valence-corrected chi connectivity index (χ0v) is 22.0. The topological polar surface area (TPSA) is 69.4 Å². The van der Waals surface area contributed by atoms with Crippen LogP contribution in [-0.4, -0.2) is 38.5 Å². The predicted octanol–water partition coefficient (Wildman–Crippen LogP) is 6.34. The second kappa shape index (κ2) is 10.2. The molecule has 188 valence electrons. The van der Waals surface area contributed by atoms with E-state index in [1.165, 1.54) is 0 Å². The number of aliphatic hydroxyl groups excluding tert-OH is 1. The van der Waals surface area contributed by atoms with Crippen LogP contribution in [0.2, 0.25) is 10.0 Å². The maximum absolute atomic E-state index is 11.1. The highest BCUT2D eigenvalue weighted by Crippen LogP contribution is 2.41. The third-order valence-electron chi connectivity index (χ3n) is 6.48. The molecule has 3 heterocycles. The quantitative estimate of drug-likeness (QED) is 0.255. The van der Waals surface area contributed by atoms with Crippen molar-refractivity contribution in [1.82, 2.24) is 14.5 Å². The second-order valence-corrected chi connectivity index (χ2v) is 10.9. The first-order valence-electron chi connectivity index (χ1n) is 11.9. The summed E-state index contributed by atoms with van der Waals surface area (Å²) in [4.78, 5) is 8.85. The van der Waals surface area contributed by atoms with Gasteiger partial charge in [0.15, 0.2) is 0 Å². The number of nitrogens with zero attached hydrogens (tertiary/aromatic N) is 3. The van der Waals surface area contributed by atoms with Crippen LogP contribution in [0.5, 0.6) is 0 Å². The van der Waals surface area contributed by atoms with Crippen molar-refractivity contribution >= 4 is 44.8 Å². The molecule has 0 amide bonds. The zero-order valence-electron chi connectivity index (χ0n) is 19.6. The fourth-order valence-corrected chi connectivity index (χ4v) is 6.12. The first kappa shape index (κ1) is 24.6. The second-order valence-electron chi connectivity index (χ2n) is 9.03. The van der Waals surface area contributed by atoms with E-state index in [4.69, 9.17) is 37.7 Å². The van der Waals surface area contributed by atoms with Crippen molar-refractivity contribution in [3.05, 3.63) is 107 Å². The molecule has 6 rings (SSSR count). The van der Waals surface area contributed by atoms with Crippen LogP contribution in [0, 0.1) is 0 Å². The molecule has 5 aromatic rings. The van der Waals surface area contributed by atoms with E-state index in [9.17, 15) is 5.11 Å². The minimum atomic E-state index is -1.18. The van der Waals surface area contributed by atoms with Gasteiger partial charge < -0.3 is 19.1 Å². The Morgan fingerprint density at radius 2 is 1.95 bits per heavy atom. The number of fused-ring (bicyclic) bond motifs is 1. The van der Waals surface area contributed by atoms with Crippen LogP contribution in [0.4, 0.5) is 0 Å². The Hall–Kier alpha value is -2.78. The molecule has 3 aromatic carbocycles. The Balaban J connectivity index is 1.19. The van der Waals surface area contributed by atoms with Crippen molar-refractivity contribution < 1.29 is 14.6 Å². The lowest BCUT2D eigenvalue weighted by Gasteiger charge is -2.30. The highest BCUT2D eigenvalue weighted by molar-refractivity contribution is 7.21. The summed E-state index contributed by atoms with van der Waals surface area (Å²) in [7, 11) is 0. The van der Waals surface area contributed by atoms with Crippen LogP contribution in [0.15, 0.2) is 85.5 Å². The van der Waals surface area contributed by atoms with Crippen LogP contribution in [0.3, 0.4) is 0 Å². The maximum atomic E-state index is 11.1. The fourth-order valence-electron chi connectivity index (χ4n) is 4.60. The minimum absolute atomic E-state index is 0.221. The number of benzene rings is 3. The summed E-state index contributed by atoms with van der Waals surface area (Å²) >= 11 is 14.3. The largest absolute Gasteiger partial charge is 0.390 e. The van der Waals surface area contributed by atoms with Gasteiger partial charge in [0.2, 0.25) is 5.79 Å². The molecule has 1 fully saturated rings. The van der Waals surface area contributed by atoms with E-state index in [1.54, 1.807) is 42.1 Å². The van der Waals surface area contributed by atoms with Gasteiger partial charge in [0.25, 0.3) is 0 Å². The molecule has 0 radical (unpaired) electrons. The monoisotopic (exact) mass is 551 g/mol. The number of para-hydroxylation sites is 1. The summed E-state index contributed by atoms with van der Waals surface area (Å²) in [6.07, 6.45) is 4.31. The molecule has 3 unspecified atom stereocenters. The van der Waals surface area contributed by atoms with E-state index in [-0.39, 0.29) is 6.61 Å². The van der Waals surface area contributed by atoms with Gasteiger partial charge in [-0.25, -0.2) is 9.97 Å². The normalized spacial score (nSPS) is 20.5. The lowest BCUT2D eigenvalue weighted by Crippen LogP contribution is -2.36. The van der Waals surface area contributed by atoms with Crippen molar-refractivity contribution in [2.75, 3.05) is 6.61 Å². The number of aliphatic hydroxyl groups is 1. The van der Waals surface area contributed by atoms with Crippen LogP contribution in [0.25, 0.3) is 20.8 Å². The third kappa shape index (κ3) is 5.03.